The topological polar surface area (TPSA) is 52.7 Å². The molecule has 0 radical (unpaired) electrons. The fraction of sp³-hybridized carbons (Fsp3) is 0.857. The van der Waals surface area contributed by atoms with Gasteiger partial charge in [0.2, 0.25) is 0 Å². The van der Waals surface area contributed by atoms with Crippen LogP contribution in [0.2, 0.25) is 0 Å². The molecule has 3 rings (SSSR count). The number of rotatable bonds is 0. The fourth-order valence-corrected chi connectivity index (χ4v) is 4.49. The summed E-state index contributed by atoms with van der Waals surface area (Å²) in [5, 5.41) is 2.70. The highest BCUT2D eigenvalue weighted by molar-refractivity contribution is 5.95. The first-order valence-corrected chi connectivity index (χ1v) is 7.16. The van der Waals surface area contributed by atoms with E-state index in [0.717, 1.165) is 25.8 Å². The fourth-order valence-electron chi connectivity index (χ4n) is 4.49. The van der Waals surface area contributed by atoms with E-state index in [0.29, 0.717) is 24.5 Å². The molecule has 0 aromatic rings. The van der Waals surface area contributed by atoms with E-state index in [2.05, 4.69) is 26.1 Å². The van der Waals surface area contributed by atoms with Crippen molar-refractivity contribution in [3.63, 3.8) is 0 Å². The Morgan fingerprint density at radius 1 is 1.32 bits per heavy atom. The Bertz CT molecular complexity index is 434. The van der Waals surface area contributed by atoms with Gasteiger partial charge in [-0.2, -0.15) is 0 Å². The number of amides is 4. The van der Waals surface area contributed by atoms with Crippen LogP contribution in [0.3, 0.4) is 0 Å². The maximum atomic E-state index is 12.5. The highest BCUT2D eigenvalue weighted by atomic mass is 16.2. The highest BCUT2D eigenvalue weighted by Gasteiger charge is 2.52. The Balaban J connectivity index is 1.80. The first kappa shape index (κ1) is 12.8. The Morgan fingerprint density at radius 3 is 2.68 bits per heavy atom. The van der Waals surface area contributed by atoms with Gasteiger partial charge in [0.05, 0.1) is 0 Å². The van der Waals surface area contributed by atoms with Gasteiger partial charge in [0.15, 0.2) is 0 Å². The van der Waals surface area contributed by atoms with E-state index >= 15 is 0 Å². The van der Waals surface area contributed by atoms with E-state index in [1.807, 2.05) is 4.90 Å². The number of imide groups is 1. The van der Waals surface area contributed by atoms with Crippen molar-refractivity contribution in [3.05, 3.63) is 0 Å². The van der Waals surface area contributed by atoms with Crippen molar-refractivity contribution in [2.24, 2.45) is 10.8 Å². The molecule has 1 saturated carbocycles. The van der Waals surface area contributed by atoms with Crippen molar-refractivity contribution in [2.45, 2.75) is 46.1 Å². The third-order valence-corrected chi connectivity index (χ3v) is 4.75. The van der Waals surface area contributed by atoms with E-state index in [1.54, 1.807) is 0 Å². The quantitative estimate of drug-likeness (QED) is 0.728. The summed E-state index contributed by atoms with van der Waals surface area (Å²) in [7, 11) is 0. The van der Waals surface area contributed by atoms with Crippen molar-refractivity contribution in [1.82, 2.24) is 15.1 Å². The Labute approximate surface area is 114 Å². The highest BCUT2D eigenvalue weighted by Crippen LogP contribution is 2.52. The minimum atomic E-state index is -0.240. The summed E-state index contributed by atoms with van der Waals surface area (Å²) in [5.41, 5.74) is 0.512. The van der Waals surface area contributed by atoms with Crippen LogP contribution in [-0.2, 0) is 0 Å². The lowest BCUT2D eigenvalue weighted by Crippen LogP contribution is -2.47. The standard InChI is InChI=1S/C14H23N3O2/c1-13(2)6-10-7-14(3,8-13)9-17(10)12(19)16-5-4-15-11(16)18/h10H,4-9H2,1-3H3,(H,15,18)/t10-,14+/m1/s1. The number of carbonyl (C=O) groups excluding carboxylic acids is 2. The number of urea groups is 2. The van der Waals surface area contributed by atoms with Gasteiger partial charge in [0.25, 0.3) is 0 Å². The normalized spacial score (nSPS) is 36.6. The summed E-state index contributed by atoms with van der Waals surface area (Å²) in [5.74, 6) is 0. The average Bonchev–Trinajstić information content (AvgIpc) is 2.78. The maximum absolute atomic E-state index is 12.5. The van der Waals surface area contributed by atoms with Gasteiger partial charge in [-0.3, -0.25) is 0 Å². The smallest absolute Gasteiger partial charge is 0.328 e. The molecule has 0 unspecified atom stereocenters. The van der Waals surface area contributed by atoms with Crippen LogP contribution in [0.25, 0.3) is 0 Å². The molecule has 3 fully saturated rings. The molecule has 19 heavy (non-hydrogen) atoms. The molecule has 0 aromatic heterocycles. The van der Waals surface area contributed by atoms with E-state index in [1.165, 1.54) is 4.90 Å². The molecule has 4 amide bonds. The minimum absolute atomic E-state index is 0.0959. The first-order chi connectivity index (χ1) is 8.80. The zero-order chi connectivity index (χ0) is 13.8. The number of fused-ring (bicyclic) bond motifs is 2. The number of hydrogen-bond acceptors (Lipinski definition) is 2. The lowest BCUT2D eigenvalue weighted by atomic mass is 9.65. The van der Waals surface area contributed by atoms with Crippen LogP contribution in [-0.4, -0.2) is 47.5 Å². The summed E-state index contributed by atoms with van der Waals surface area (Å²) >= 11 is 0. The van der Waals surface area contributed by atoms with Gasteiger partial charge in [-0.25, -0.2) is 14.5 Å². The van der Waals surface area contributed by atoms with Crippen LogP contribution in [0.5, 0.6) is 0 Å². The zero-order valence-corrected chi connectivity index (χ0v) is 12.0. The molecular formula is C14H23N3O2. The number of nitrogens with one attached hydrogen (secondary N) is 1. The largest absolute Gasteiger partial charge is 0.336 e. The summed E-state index contributed by atoms with van der Waals surface area (Å²) in [6.45, 7) is 8.72. The summed E-state index contributed by atoms with van der Waals surface area (Å²) in [6, 6.07) is -0.0352. The number of nitrogens with zero attached hydrogens (tertiary/aromatic N) is 2. The molecule has 2 atom stereocenters. The van der Waals surface area contributed by atoms with Crippen molar-refractivity contribution in [2.75, 3.05) is 19.6 Å². The average molecular weight is 265 g/mol. The van der Waals surface area contributed by atoms with Gasteiger partial charge in [-0.1, -0.05) is 20.8 Å². The van der Waals surface area contributed by atoms with E-state index < -0.39 is 0 Å². The molecule has 3 aliphatic rings. The van der Waals surface area contributed by atoms with Gasteiger partial charge in [0, 0.05) is 25.7 Å². The van der Waals surface area contributed by atoms with Crippen molar-refractivity contribution < 1.29 is 9.59 Å². The molecule has 2 heterocycles. The second kappa shape index (κ2) is 3.87. The molecule has 0 spiro atoms. The molecule has 5 nitrogen and oxygen atoms in total. The minimum Gasteiger partial charge on any atom is -0.336 e. The zero-order valence-electron chi connectivity index (χ0n) is 12.0. The van der Waals surface area contributed by atoms with Crippen LogP contribution in [0.15, 0.2) is 0 Å². The van der Waals surface area contributed by atoms with Crippen molar-refractivity contribution >= 4 is 12.1 Å². The molecule has 5 heteroatoms. The molecule has 1 N–H and O–H groups in total. The molecule has 2 saturated heterocycles. The van der Waals surface area contributed by atoms with Crippen LogP contribution < -0.4 is 5.32 Å². The lowest BCUT2D eigenvalue weighted by Gasteiger charge is -2.39. The third-order valence-electron chi connectivity index (χ3n) is 4.75. The molecule has 2 aliphatic heterocycles. The van der Waals surface area contributed by atoms with Crippen LogP contribution >= 0.6 is 0 Å². The SMILES string of the molecule is CC1(C)C[C@@H]2C[C@](C)(CN2C(=O)N2CCNC2=O)C1. The Hall–Kier alpha value is -1.26. The van der Waals surface area contributed by atoms with Crippen LogP contribution in [0.4, 0.5) is 9.59 Å². The monoisotopic (exact) mass is 265 g/mol. The maximum Gasteiger partial charge on any atom is 0.328 e. The predicted octanol–water partition coefficient (Wildman–Crippen LogP) is 2.03. The van der Waals surface area contributed by atoms with Gasteiger partial charge in [-0.15, -0.1) is 0 Å². The van der Waals surface area contributed by atoms with Crippen molar-refractivity contribution in [1.29, 1.82) is 0 Å². The summed E-state index contributed by atoms with van der Waals surface area (Å²) < 4.78 is 0. The van der Waals surface area contributed by atoms with Crippen LogP contribution in [0, 0.1) is 10.8 Å². The van der Waals surface area contributed by atoms with Gasteiger partial charge in [0.1, 0.15) is 0 Å². The Morgan fingerprint density at radius 2 is 2.05 bits per heavy atom. The van der Waals surface area contributed by atoms with E-state index in [9.17, 15) is 9.59 Å². The first-order valence-electron chi connectivity index (χ1n) is 7.16. The predicted molar refractivity (Wildman–Crippen MR) is 71.7 cm³/mol. The lowest BCUT2D eigenvalue weighted by molar-refractivity contribution is 0.125. The summed E-state index contributed by atoms with van der Waals surface area (Å²) in [6.07, 6.45) is 3.29. The second-order valence-corrected chi connectivity index (χ2v) is 7.51. The molecule has 1 aliphatic carbocycles. The summed E-state index contributed by atoms with van der Waals surface area (Å²) in [4.78, 5) is 27.5. The molecule has 106 valence electrons. The van der Waals surface area contributed by atoms with Crippen LogP contribution in [0.1, 0.15) is 40.0 Å². The number of hydrogen-bond donors (Lipinski definition) is 1. The van der Waals surface area contributed by atoms with Crippen molar-refractivity contribution in [3.8, 4) is 0 Å². The van der Waals surface area contributed by atoms with Gasteiger partial charge in [-0.05, 0) is 30.1 Å². The number of likely N-dealkylation sites (tertiary alicyclic amines) is 1. The molecular weight excluding hydrogens is 242 g/mol. The molecule has 0 aromatic carbocycles. The third kappa shape index (κ3) is 2.09. The Kier molecular flexibility index (Phi) is 2.60. The van der Waals surface area contributed by atoms with Gasteiger partial charge < -0.3 is 10.2 Å². The number of carbonyl (C=O) groups is 2. The van der Waals surface area contributed by atoms with E-state index in [-0.39, 0.29) is 17.5 Å². The second-order valence-electron chi connectivity index (χ2n) is 7.51. The van der Waals surface area contributed by atoms with E-state index in [4.69, 9.17) is 0 Å². The van der Waals surface area contributed by atoms with Gasteiger partial charge >= 0.3 is 12.1 Å². The molecule has 2 bridgehead atoms.